The van der Waals surface area contributed by atoms with E-state index in [4.69, 9.17) is 0 Å². The third-order valence-electron chi connectivity index (χ3n) is 7.27. The fourth-order valence-electron chi connectivity index (χ4n) is 5.55. The van der Waals surface area contributed by atoms with Crippen LogP contribution >= 0.6 is 7.26 Å². The molecule has 1 atom stereocenters. The second-order valence-electron chi connectivity index (χ2n) is 10.4. The van der Waals surface area contributed by atoms with Gasteiger partial charge < -0.3 is 17.5 Å². The summed E-state index contributed by atoms with van der Waals surface area (Å²) < 4.78 is 0. The van der Waals surface area contributed by atoms with E-state index in [1.807, 2.05) is 0 Å². The smallest absolute Gasteiger partial charge is 0.115 e. The standard InChI is InChI=1S/C33H38OP.ClH/c1-26(20-21-32-27(2)24-28(34)25-33(32,3)4)22-23-35(29-14-8-5-9-15-29,30-16-10-6-11-17-30)31-18-12-7-13-19-31;/h5-22,28,34H,23-25H2,1-4H3;1H/q+1;/p-1/b21-20-,26-22-;/t28-;/m1./s1. The zero-order chi connectivity index (χ0) is 24.9. The monoisotopic (exact) mass is 516 g/mol. The van der Waals surface area contributed by atoms with Gasteiger partial charge in [0.2, 0.25) is 0 Å². The van der Waals surface area contributed by atoms with E-state index in [0.29, 0.717) is 0 Å². The first kappa shape index (κ1) is 28.1. The Morgan fingerprint density at radius 3 is 1.72 bits per heavy atom. The molecule has 0 bridgehead atoms. The summed E-state index contributed by atoms with van der Waals surface area (Å²) in [7, 11) is -1.86. The van der Waals surface area contributed by atoms with E-state index < -0.39 is 7.26 Å². The number of aliphatic hydroxyl groups excluding tert-OH is 1. The predicted octanol–water partition coefficient (Wildman–Crippen LogP) is 3.98. The van der Waals surface area contributed by atoms with Crippen molar-refractivity contribution in [3.8, 4) is 0 Å². The van der Waals surface area contributed by atoms with Gasteiger partial charge in [-0.15, -0.1) is 0 Å². The Balaban J connectivity index is 0.00000361. The van der Waals surface area contributed by atoms with Gasteiger partial charge in [0.15, 0.2) is 0 Å². The predicted molar refractivity (Wildman–Crippen MR) is 155 cm³/mol. The summed E-state index contributed by atoms with van der Waals surface area (Å²) in [5.74, 6) is 0. The van der Waals surface area contributed by atoms with E-state index in [0.717, 1.165) is 19.0 Å². The molecule has 0 spiro atoms. The molecule has 0 saturated heterocycles. The highest BCUT2D eigenvalue weighted by atomic mass is 35.5. The van der Waals surface area contributed by atoms with Gasteiger partial charge in [-0.05, 0) is 80.2 Å². The molecule has 1 N–H and O–H groups in total. The molecule has 1 nitrogen and oxygen atoms in total. The number of hydrogen-bond acceptors (Lipinski definition) is 1. The van der Waals surface area contributed by atoms with Crippen LogP contribution < -0.4 is 28.3 Å². The molecule has 4 rings (SSSR count). The summed E-state index contributed by atoms with van der Waals surface area (Å²) in [6, 6.07) is 33.1. The van der Waals surface area contributed by atoms with Gasteiger partial charge >= 0.3 is 0 Å². The van der Waals surface area contributed by atoms with Gasteiger partial charge in [0.05, 0.1) is 12.3 Å². The van der Waals surface area contributed by atoms with Crippen molar-refractivity contribution >= 4 is 23.2 Å². The van der Waals surface area contributed by atoms with Gasteiger partial charge in [0.1, 0.15) is 23.2 Å². The Bertz CT molecular complexity index is 1110. The molecule has 0 heterocycles. The average molecular weight is 517 g/mol. The minimum absolute atomic E-state index is 0. The molecule has 3 aromatic rings. The van der Waals surface area contributed by atoms with Gasteiger partial charge in [0.25, 0.3) is 0 Å². The quantitative estimate of drug-likeness (QED) is 0.372. The number of hydrogen-bond donors (Lipinski definition) is 1. The largest absolute Gasteiger partial charge is 1.00 e. The maximum Gasteiger partial charge on any atom is 0.115 e. The van der Waals surface area contributed by atoms with E-state index >= 15 is 0 Å². The Labute approximate surface area is 224 Å². The van der Waals surface area contributed by atoms with Crippen molar-refractivity contribution in [1.82, 2.24) is 0 Å². The SMILES string of the molecule is CC1=C(/C=C\C(C)=C/C[P+](c2ccccc2)(c2ccccc2)c2ccccc2)C(C)(C)C[C@H](O)C1.[Cl-]. The highest BCUT2D eigenvalue weighted by molar-refractivity contribution is 7.95. The van der Waals surface area contributed by atoms with Crippen LogP contribution in [0.5, 0.6) is 0 Å². The molecule has 0 fully saturated rings. The molecule has 0 aromatic heterocycles. The van der Waals surface area contributed by atoms with Gasteiger partial charge in [-0.2, -0.15) is 0 Å². The van der Waals surface area contributed by atoms with E-state index in [9.17, 15) is 5.11 Å². The lowest BCUT2D eigenvalue weighted by Crippen LogP contribution is -3.00. The van der Waals surface area contributed by atoms with Crippen LogP contribution in [-0.2, 0) is 0 Å². The zero-order valence-corrected chi connectivity index (χ0v) is 23.5. The molecular weight excluding hydrogens is 479 g/mol. The molecule has 3 aromatic carbocycles. The fourth-order valence-corrected chi connectivity index (χ4v) is 9.69. The molecular formula is C33H38ClOP. The van der Waals surface area contributed by atoms with E-state index in [2.05, 4.69) is 137 Å². The Morgan fingerprint density at radius 2 is 1.31 bits per heavy atom. The first-order chi connectivity index (χ1) is 16.8. The molecule has 0 saturated carbocycles. The molecule has 3 heteroatoms. The van der Waals surface area contributed by atoms with Gasteiger partial charge in [-0.3, -0.25) is 0 Å². The third-order valence-corrected chi connectivity index (χ3v) is 11.5. The molecule has 0 aliphatic heterocycles. The molecule has 36 heavy (non-hydrogen) atoms. The van der Waals surface area contributed by atoms with Crippen LogP contribution in [0.3, 0.4) is 0 Å². The fraction of sp³-hybridized carbons (Fsp3) is 0.273. The highest BCUT2D eigenvalue weighted by Gasteiger charge is 2.44. The normalized spacial score (nSPS) is 18.2. The number of halogens is 1. The van der Waals surface area contributed by atoms with E-state index in [1.165, 1.54) is 32.6 Å². The van der Waals surface area contributed by atoms with Crippen LogP contribution in [0.1, 0.15) is 40.5 Å². The molecule has 188 valence electrons. The Morgan fingerprint density at radius 1 is 0.861 bits per heavy atom. The number of benzene rings is 3. The molecule has 1 aliphatic rings. The number of aliphatic hydroxyl groups is 1. The Hall–Kier alpha value is -2.44. The maximum atomic E-state index is 10.2. The third kappa shape index (κ3) is 6.09. The van der Waals surface area contributed by atoms with Crippen molar-refractivity contribution in [2.75, 3.05) is 6.16 Å². The summed E-state index contributed by atoms with van der Waals surface area (Å²) in [5, 5.41) is 14.5. The van der Waals surface area contributed by atoms with Crippen molar-refractivity contribution in [3.05, 3.63) is 126 Å². The first-order valence-electron chi connectivity index (χ1n) is 12.6. The zero-order valence-electron chi connectivity index (χ0n) is 21.9. The van der Waals surface area contributed by atoms with E-state index in [1.54, 1.807) is 0 Å². The highest BCUT2D eigenvalue weighted by Crippen LogP contribution is 2.55. The summed E-state index contributed by atoms with van der Waals surface area (Å²) in [6.45, 7) is 8.87. The van der Waals surface area contributed by atoms with Crippen molar-refractivity contribution in [1.29, 1.82) is 0 Å². The first-order valence-corrected chi connectivity index (χ1v) is 14.6. The van der Waals surface area contributed by atoms with Crippen LogP contribution in [-0.4, -0.2) is 17.4 Å². The van der Waals surface area contributed by atoms with Crippen LogP contribution in [0, 0.1) is 5.41 Å². The van der Waals surface area contributed by atoms with Crippen molar-refractivity contribution in [3.63, 3.8) is 0 Å². The van der Waals surface area contributed by atoms with Crippen LogP contribution in [0.4, 0.5) is 0 Å². The molecule has 0 amide bonds. The summed E-state index contributed by atoms with van der Waals surface area (Å²) in [5.41, 5.74) is 3.94. The molecule has 0 radical (unpaired) electrons. The summed E-state index contributed by atoms with van der Waals surface area (Å²) in [4.78, 5) is 0. The topological polar surface area (TPSA) is 20.2 Å². The lowest BCUT2D eigenvalue weighted by molar-refractivity contribution is -0.0000117. The minimum Gasteiger partial charge on any atom is -1.00 e. The van der Waals surface area contributed by atoms with Crippen molar-refractivity contribution in [2.24, 2.45) is 5.41 Å². The second-order valence-corrected chi connectivity index (χ2v) is 14.0. The van der Waals surface area contributed by atoms with Crippen molar-refractivity contribution < 1.29 is 17.5 Å². The number of allylic oxidation sites excluding steroid dienone is 5. The minimum atomic E-state index is -1.86. The van der Waals surface area contributed by atoms with Gasteiger partial charge in [0, 0.05) is 0 Å². The Kier molecular flexibility index (Phi) is 9.53. The molecule has 1 aliphatic carbocycles. The lowest BCUT2D eigenvalue weighted by Gasteiger charge is -2.35. The molecule has 0 unspecified atom stereocenters. The van der Waals surface area contributed by atoms with Gasteiger partial charge in [-0.25, -0.2) is 0 Å². The summed E-state index contributed by atoms with van der Waals surface area (Å²) >= 11 is 0. The average Bonchev–Trinajstić information content (AvgIpc) is 2.85. The van der Waals surface area contributed by atoms with Crippen molar-refractivity contribution in [2.45, 2.75) is 46.6 Å². The lowest BCUT2D eigenvalue weighted by atomic mass is 9.71. The van der Waals surface area contributed by atoms with Crippen LogP contribution in [0.2, 0.25) is 0 Å². The van der Waals surface area contributed by atoms with Crippen LogP contribution in [0.25, 0.3) is 0 Å². The second kappa shape index (κ2) is 12.2. The summed E-state index contributed by atoms with van der Waals surface area (Å²) in [6.07, 6.45) is 9.33. The number of rotatable bonds is 7. The van der Waals surface area contributed by atoms with Gasteiger partial charge in [-0.1, -0.05) is 91.7 Å². The maximum absolute atomic E-state index is 10.2. The van der Waals surface area contributed by atoms with Crippen LogP contribution in [0.15, 0.2) is 126 Å². The van der Waals surface area contributed by atoms with E-state index in [-0.39, 0.29) is 23.9 Å².